The molecule has 0 aliphatic heterocycles. The Balaban J connectivity index is 2.33. The minimum absolute atomic E-state index is 0.424. The minimum Gasteiger partial charge on any atom is -0.260 e. The second kappa shape index (κ2) is 2.07. The van der Waals surface area contributed by atoms with Crippen LogP contribution in [0.3, 0.4) is 0 Å². The molecule has 58 valence electrons. The lowest BCUT2D eigenvalue weighted by Crippen LogP contribution is -2.02. The number of pyridine rings is 1. The Kier molecular flexibility index (Phi) is 1.28. The summed E-state index contributed by atoms with van der Waals surface area (Å²) in [5.74, 6) is 0. The summed E-state index contributed by atoms with van der Waals surface area (Å²) < 4.78 is 0. The van der Waals surface area contributed by atoms with E-state index in [1.165, 1.54) is 24.1 Å². The van der Waals surface area contributed by atoms with Crippen LogP contribution in [0.1, 0.15) is 31.0 Å². The fourth-order valence-electron chi connectivity index (χ4n) is 1.27. The Morgan fingerprint density at radius 3 is 2.55 bits per heavy atom. The molecule has 0 spiro atoms. The molecule has 1 aromatic rings. The van der Waals surface area contributed by atoms with E-state index in [0.717, 1.165) is 0 Å². The molecule has 1 fully saturated rings. The fourth-order valence-corrected chi connectivity index (χ4v) is 1.27. The van der Waals surface area contributed by atoms with Crippen LogP contribution in [0, 0.1) is 6.92 Å². The topological polar surface area (TPSA) is 12.9 Å². The normalized spacial score (nSPS) is 19.8. The van der Waals surface area contributed by atoms with E-state index in [1.807, 2.05) is 6.20 Å². The highest BCUT2D eigenvalue weighted by Crippen LogP contribution is 2.46. The lowest BCUT2D eigenvalue weighted by molar-refractivity contribution is 0.749. The molecule has 0 atom stereocenters. The minimum atomic E-state index is 0.424. The maximum atomic E-state index is 4.41. The van der Waals surface area contributed by atoms with Crippen LogP contribution in [0.4, 0.5) is 0 Å². The van der Waals surface area contributed by atoms with E-state index >= 15 is 0 Å². The van der Waals surface area contributed by atoms with Crippen LogP contribution in [0.25, 0.3) is 0 Å². The third-order valence-corrected chi connectivity index (χ3v) is 2.53. The molecule has 2 rings (SSSR count). The summed E-state index contributed by atoms with van der Waals surface area (Å²) in [6, 6.07) is 4.30. The van der Waals surface area contributed by atoms with Crippen LogP contribution in [-0.4, -0.2) is 4.98 Å². The molecule has 1 heteroatoms. The lowest BCUT2D eigenvalue weighted by atomic mass is 10.0. The lowest BCUT2D eigenvalue weighted by Gasteiger charge is -2.06. The standard InChI is InChI=1S/C10H13N/c1-8-3-4-9(11-7-8)10(2)5-6-10/h3-4,7H,5-6H2,1-2H3. The first kappa shape index (κ1) is 6.84. The number of aryl methyl sites for hydroxylation is 1. The monoisotopic (exact) mass is 147 g/mol. The SMILES string of the molecule is Cc1ccc(C2(C)CC2)nc1. The summed E-state index contributed by atoms with van der Waals surface area (Å²) in [7, 11) is 0. The van der Waals surface area contributed by atoms with Crippen LogP contribution < -0.4 is 0 Å². The molecule has 11 heavy (non-hydrogen) atoms. The molecule has 1 saturated carbocycles. The molecule has 0 amide bonds. The van der Waals surface area contributed by atoms with Crippen LogP contribution in [0.15, 0.2) is 18.3 Å². The van der Waals surface area contributed by atoms with Crippen LogP contribution >= 0.6 is 0 Å². The van der Waals surface area contributed by atoms with Gasteiger partial charge in [-0.3, -0.25) is 4.98 Å². The summed E-state index contributed by atoms with van der Waals surface area (Å²) >= 11 is 0. The van der Waals surface area contributed by atoms with E-state index in [2.05, 4.69) is 31.0 Å². The predicted octanol–water partition coefficient (Wildman–Crippen LogP) is 2.44. The Hall–Kier alpha value is -0.850. The summed E-state index contributed by atoms with van der Waals surface area (Å²) in [4.78, 5) is 4.41. The van der Waals surface area contributed by atoms with Gasteiger partial charge in [0.1, 0.15) is 0 Å². The molecule has 1 aliphatic rings. The first-order valence-electron chi connectivity index (χ1n) is 4.14. The van der Waals surface area contributed by atoms with Gasteiger partial charge in [0.15, 0.2) is 0 Å². The maximum Gasteiger partial charge on any atom is 0.0462 e. The third-order valence-electron chi connectivity index (χ3n) is 2.53. The van der Waals surface area contributed by atoms with Crippen LogP contribution in [-0.2, 0) is 5.41 Å². The van der Waals surface area contributed by atoms with Gasteiger partial charge >= 0.3 is 0 Å². The van der Waals surface area contributed by atoms with Gasteiger partial charge in [-0.2, -0.15) is 0 Å². The van der Waals surface area contributed by atoms with E-state index in [9.17, 15) is 0 Å². The second-order valence-electron chi connectivity index (χ2n) is 3.78. The molecule has 0 saturated heterocycles. The van der Waals surface area contributed by atoms with Crippen molar-refractivity contribution in [2.75, 3.05) is 0 Å². The second-order valence-corrected chi connectivity index (χ2v) is 3.78. The molecule has 0 N–H and O–H groups in total. The van der Waals surface area contributed by atoms with Gasteiger partial charge in [0.2, 0.25) is 0 Å². The summed E-state index contributed by atoms with van der Waals surface area (Å²) in [6.45, 7) is 4.36. The van der Waals surface area contributed by atoms with E-state index in [-0.39, 0.29) is 0 Å². The highest BCUT2D eigenvalue weighted by Gasteiger charge is 2.40. The Labute approximate surface area is 67.5 Å². The average molecular weight is 147 g/mol. The van der Waals surface area contributed by atoms with Crippen molar-refractivity contribution in [3.63, 3.8) is 0 Å². The molecule has 0 radical (unpaired) electrons. The Morgan fingerprint density at radius 2 is 2.09 bits per heavy atom. The van der Waals surface area contributed by atoms with Crippen molar-refractivity contribution >= 4 is 0 Å². The van der Waals surface area contributed by atoms with Crippen molar-refractivity contribution in [3.05, 3.63) is 29.6 Å². The molecule has 1 aromatic heterocycles. The van der Waals surface area contributed by atoms with Crippen molar-refractivity contribution < 1.29 is 0 Å². The van der Waals surface area contributed by atoms with Gasteiger partial charge in [0, 0.05) is 17.3 Å². The zero-order chi connectivity index (χ0) is 7.90. The van der Waals surface area contributed by atoms with E-state index in [0.29, 0.717) is 5.41 Å². The van der Waals surface area contributed by atoms with E-state index < -0.39 is 0 Å². The van der Waals surface area contributed by atoms with Crippen molar-refractivity contribution in [1.29, 1.82) is 0 Å². The highest BCUT2D eigenvalue weighted by molar-refractivity contribution is 5.24. The summed E-state index contributed by atoms with van der Waals surface area (Å²) in [6.07, 6.45) is 4.57. The zero-order valence-corrected chi connectivity index (χ0v) is 7.09. The maximum absolute atomic E-state index is 4.41. The molecule has 1 nitrogen and oxygen atoms in total. The molecule has 0 aromatic carbocycles. The van der Waals surface area contributed by atoms with Gasteiger partial charge in [-0.1, -0.05) is 13.0 Å². The molecule has 1 aliphatic carbocycles. The summed E-state index contributed by atoms with van der Waals surface area (Å²) in [5, 5.41) is 0. The number of rotatable bonds is 1. The van der Waals surface area contributed by atoms with Gasteiger partial charge in [-0.25, -0.2) is 0 Å². The number of hydrogen-bond acceptors (Lipinski definition) is 1. The first-order valence-corrected chi connectivity index (χ1v) is 4.14. The van der Waals surface area contributed by atoms with Crippen molar-refractivity contribution in [2.45, 2.75) is 32.1 Å². The molecule has 0 unspecified atom stereocenters. The van der Waals surface area contributed by atoms with Gasteiger partial charge in [0.05, 0.1) is 0 Å². The number of aromatic nitrogens is 1. The van der Waals surface area contributed by atoms with Crippen LogP contribution in [0.5, 0.6) is 0 Å². The van der Waals surface area contributed by atoms with Crippen molar-refractivity contribution in [3.8, 4) is 0 Å². The van der Waals surface area contributed by atoms with E-state index in [4.69, 9.17) is 0 Å². The number of hydrogen-bond donors (Lipinski definition) is 0. The van der Waals surface area contributed by atoms with Gasteiger partial charge in [-0.05, 0) is 31.4 Å². The molecular formula is C10H13N. The average Bonchev–Trinajstić information content (AvgIpc) is 2.70. The van der Waals surface area contributed by atoms with Crippen molar-refractivity contribution in [2.24, 2.45) is 0 Å². The molecular weight excluding hydrogens is 134 g/mol. The van der Waals surface area contributed by atoms with E-state index in [1.54, 1.807) is 0 Å². The van der Waals surface area contributed by atoms with Gasteiger partial charge in [-0.15, -0.1) is 0 Å². The largest absolute Gasteiger partial charge is 0.260 e. The Bertz CT molecular complexity index is 257. The van der Waals surface area contributed by atoms with Gasteiger partial charge < -0.3 is 0 Å². The fraction of sp³-hybridized carbons (Fsp3) is 0.500. The predicted molar refractivity (Wildman–Crippen MR) is 45.6 cm³/mol. The smallest absolute Gasteiger partial charge is 0.0462 e. The molecule has 1 heterocycles. The highest BCUT2D eigenvalue weighted by atomic mass is 14.7. The summed E-state index contributed by atoms with van der Waals surface area (Å²) in [5.41, 5.74) is 2.94. The zero-order valence-electron chi connectivity index (χ0n) is 7.09. The quantitative estimate of drug-likeness (QED) is 0.594. The van der Waals surface area contributed by atoms with Gasteiger partial charge in [0.25, 0.3) is 0 Å². The molecule has 0 bridgehead atoms. The first-order chi connectivity index (χ1) is 5.21. The van der Waals surface area contributed by atoms with Crippen LogP contribution in [0.2, 0.25) is 0 Å². The number of nitrogens with zero attached hydrogens (tertiary/aromatic N) is 1. The third kappa shape index (κ3) is 1.15. The van der Waals surface area contributed by atoms with Crippen molar-refractivity contribution in [1.82, 2.24) is 4.98 Å². The Morgan fingerprint density at radius 1 is 1.36 bits per heavy atom.